The SMILES string of the molecule is CCCN(CC(=O)O)C(=O)NCC1CCCS1(=O)=O. The normalized spacial score (nSPS) is 21.0. The average Bonchev–Trinajstić information content (AvgIpc) is 2.64. The molecule has 0 aromatic carbocycles. The van der Waals surface area contributed by atoms with Gasteiger partial charge in [-0.15, -0.1) is 0 Å². The molecule has 0 aromatic rings. The Labute approximate surface area is 112 Å². The quantitative estimate of drug-likeness (QED) is 0.721. The number of sulfone groups is 1. The summed E-state index contributed by atoms with van der Waals surface area (Å²) in [5.74, 6) is -0.918. The van der Waals surface area contributed by atoms with Crippen LogP contribution in [0.5, 0.6) is 0 Å². The zero-order chi connectivity index (χ0) is 14.5. The molecule has 1 aliphatic rings. The van der Waals surface area contributed by atoms with Crippen LogP contribution in [0.15, 0.2) is 0 Å². The smallest absolute Gasteiger partial charge is 0.323 e. The second-order valence-electron chi connectivity index (χ2n) is 4.63. The Hall–Kier alpha value is -1.31. The largest absolute Gasteiger partial charge is 0.480 e. The zero-order valence-electron chi connectivity index (χ0n) is 11.0. The molecule has 0 saturated carbocycles. The molecule has 2 N–H and O–H groups in total. The third-order valence-electron chi connectivity index (χ3n) is 3.05. The second kappa shape index (κ2) is 6.74. The van der Waals surface area contributed by atoms with Crippen LogP contribution in [-0.4, -0.2) is 61.1 Å². The number of urea groups is 1. The summed E-state index contributed by atoms with van der Waals surface area (Å²) in [6, 6.07) is -0.522. The fraction of sp³-hybridized carbons (Fsp3) is 0.818. The maximum atomic E-state index is 11.8. The number of rotatable bonds is 6. The zero-order valence-corrected chi connectivity index (χ0v) is 11.8. The Morgan fingerprint density at radius 2 is 2.11 bits per heavy atom. The molecule has 2 amide bonds. The van der Waals surface area contributed by atoms with Gasteiger partial charge in [0.2, 0.25) is 0 Å². The van der Waals surface area contributed by atoms with Crippen LogP contribution in [0.3, 0.4) is 0 Å². The molecule has 1 heterocycles. The summed E-state index contributed by atoms with van der Waals surface area (Å²) in [5.41, 5.74) is 0. The van der Waals surface area contributed by atoms with Crippen LogP contribution in [0.2, 0.25) is 0 Å². The summed E-state index contributed by atoms with van der Waals surface area (Å²) in [7, 11) is -3.09. The molecule has 0 aliphatic carbocycles. The molecule has 19 heavy (non-hydrogen) atoms. The van der Waals surface area contributed by atoms with Crippen LogP contribution in [0.25, 0.3) is 0 Å². The molecule has 0 bridgehead atoms. The van der Waals surface area contributed by atoms with Gasteiger partial charge in [0.25, 0.3) is 0 Å². The van der Waals surface area contributed by atoms with Gasteiger partial charge in [-0.3, -0.25) is 4.79 Å². The van der Waals surface area contributed by atoms with Crippen LogP contribution in [-0.2, 0) is 14.6 Å². The maximum Gasteiger partial charge on any atom is 0.323 e. The molecule has 1 rings (SSSR count). The molecule has 0 radical (unpaired) electrons. The lowest BCUT2D eigenvalue weighted by atomic mass is 10.2. The van der Waals surface area contributed by atoms with E-state index in [9.17, 15) is 18.0 Å². The summed E-state index contributed by atoms with van der Waals surface area (Å²) < 4.78 is 23.2. The molecule has 0 aromatic heterocycles. The lowest BCUT2D eigenvalue weighted by Crippen LogP contribution is -2.45. The van der Waals surface area contributed by atoms with E-state index in [2.05, 4.69) is 5.32 Å². The van der Waals surface area contributed by atoms with Crippen LogP contribution in [0, 0.1) is 0 Å². The average molecular weight is 292 g/mol. The number of aliphatic carboxylic acids is 1. The Bertz CT molecular complexity index is 434. The van der Waals surface area contributed by atoms with Crippen molar-refractivity contribution >= 4 is 21.8 Å². The van der Waals surface area contributed by atoms with E-state index in [1.807, 2.05) is 6.92 Å². The summed E-state index contributed by atoms with van der Waals surface area (Å²) in [5, 5.41) is 10.7. The van der Waals surface area contributed by atoms with Gasteiger partial charge < -0.3 is 15.3 Å². The van der Waals surface area contributed by atoms with Crippen molar-refractivity contribution in [3.05, 3.63) is 0 Å². The maximum absolute atomic E-state index is 11.8. The highest BCUT2D eigenvalue weighted by Gasteiger charge is 2.31. The number of nitrogens with one attached hydrogen (secondary N) is 1. The van der Waals surface area contributed by atoms with Crippen molar-refractivity contribution in [1.29, 1.82) is 0 Å². The lowest BCUT2D eigenvalue weighted by molar-refractivity contribution is -0.137. The molecule has 8 heteroatoms. The highest BCUT2D eigenvalue weighted by molar-refractivity contribution is 7.92. The number of carboxylic acid groups (broad SMARTS) is 1. The van der Waals surface area contributed by atoms with Crippen LogP contribution >= 0.6 is 0 Å². The highest BCUT2D eigenvalue weighted by atomic mass is 32.2. The Morgan fingerprint density at radius 1 is 1.42 bits per heavy atom. The molecule has 7 nitrogen and oxygen atoms in total. The number of carbonyl (C=O) groups is 2. The van der Waals surface area contributed by atoms with Gasteiger partial charge in [0, 0.05) is 13.1 Å². The van der Waals surface area contributed by atoms with Crippen molar-refractivity contribution < 1.29 is 23.1 Å². The topological polar surface area (TPSA) is 104 Å². The van der Waals surface area contributed by atoms with Gasteiger partial charge in [-0.25, -0.2) is 13.2 Å². The minimum atomic E-state index is -3.09. The third kappa shape index (κ3) is 4.70. The molecule has 1 saturated heterocycles. The lowest BCUT2D eigenvalue weighted by Gasteiger charge is -2.21. The predicted molar refractivity (Wildman–Crippen MR) is 69.7 cm³/mol. The number of carbonyl (C=O) groups excluding carboxylic acids is 1. The third-order valence-corrected chi connectivity index (χ3v) is 5.33. The number of carboxylic acids is 1. The van der Waals surface area contributed by atoms with E-state index in [0.717, 1.165) is 0 Å². The van der Waals surface area contributed by atoms with Gasteiger partial charge in [0.05, 0.1) is 11.0 Å². The van der Waals surface area contributed by atoms with Crippen LogP contribution in [0.4, 0.5) is 4.79 Å². The predicted octanol–water partition coefficient (Wildman–Crippen LogP) is 0.0698. The van der Waals surface area contributed by atoms with E-state index >= 15 is 0 Å². The van der Waals surface area contributed by atoms with Crippen molar-refractivity contribution in [2.24, 2.45) is 0 Å². The molecule has 1 atom stereocenters. The van der Waals surface area contributed by atoms with Crippen molar-refractivity contribution in [2.45, 2.75) is 31.4 Å². The Kier molecular flexibility index (Phi) is 5.59. The Balaban J connectivity index is 2.50. The van der Waals surface area contributed by atoms with E-state index in [0.29, 0.717) is 25.8 Å². The van der Waals surface area contributed by atoms with Crippen molar-refractivity contribution in [3.8, 4) is 0 Å². The number of hydrogen-bond donors (Lipinski definition) is 2. The molecule has 110 valence electrons. The van der Waals surface area contributed by atoms with Gasteiger partial charge in [-0.05, 0) is 19.3 Å². The van der Waals surface area contributed by atoms with Gasteiger partial charge in [-0.1, -0.05) is 6.92 Å². The highest BCUT2D eigenvalue weighted by Crippen LogP contribution is 2.19. The molecular formula is C11H20N2O5S. The summed E-state index contributed by atoms with van der Waals surface area (Å²) in [6.45, 7) is 1.84. The first-order valence-corrected chi connectivity index (χ1v) is 8.04. The van der Waals surface area contributed by atoms with Crippen molar-refractivity contribution in [2.75, 3.05) is 25.4 Å². The fourth-order valence-electron chi connectivity index (χ4n) is 2.09. The molecular weight excluding hydrogens is 272 g/mol. The van der Waals surface area contributed by atoms with E-state index < -0.39 is 27.1 Å². The van der Waals surface area contributed by atoms with E-state index in [1.54, 1.807) is 0 Å². The van der Waals surface area contributed by atoms with Gasteiger partial charge in [-0.2, -0.15) is 0 Å². The Morgan fingerprint density at radius 3 is 2.58 bits per heavy atom. The van der Waals surface area contributed by atoms with E-state index in [4.69, 9.17) is 5.11 Å². The standard InChI is InChI=1S/C11H20N2O5S/c1-2-5-13(8-10(14)15)11(16)12-7-9-4-3-6-19(9,17)18/h9H,2-8H2,1H3,(H,12,16)(H,14,15). The first-order valence-electron chi connectivity index (χ1n) is 6.33. The fourth-order valence-corrected chi connectivity index (χ4v) is 3.85. The summed E-state index contributed by atoms with van der Waals surface area (Å²) in [6.07, 6.45) is 1.81. The first-order chi connectivity index (χ1) is 8.86. The van der Waals surface area contributed by atoms with Crippen molar-refractivity contribution in [1.82, 2.24) is 10.2 Å². The minimum absolute atomic E-state index is 0.0565. The van der Waals surface area contributed by atoms with E-state index in [1.165, 1.54) is 4.90 Å². The second-order valence-corrected chi connectivity index (χ2v) is 7.03. The van der Waals surface area contributed by atoms with Gasteiger partial charge >= 0.3 is 12.0 Å². The first kappa shape index (κ1) is 15.7. The van der Waals surface area contributed by atoms with Gasteiger partial charge in [0.15, 0.2) is 9.84 Å². The number of nitrogens with zero attached hydrogens (tertiary/aromatic N) is 1. The molecule has 0 spiro atoms. The van der Waals surface area contributed by atoms with Gasteiger partial charge in [0.1, 0.15) is 6.54 Å². The molecule has 1 unspecified atom stereocenters. The minimum Gasteiger partial charge on any atom is -0.480 e. The summed E-state index contributed by atoms with van der Waals surface area (Å²) >= 11 is 0. The van der Waals surface area contributed by atoms with Crippen LogP contribution < -0.4 is 5.32 Å². The monoisotopic (exact) mass is 292 g/mol. The van der Waals surface area contributed by atoms with Crippen molar-refractivity contribution in [3.63, 3.8) is 0 Å². The molecule has 1 fully saturated rings. The number of hydrogen-bond acceptors (Lipinski definition) is 4. The number of amides is 2. The summed E-state index contributed by atoms with van der Waals surface area (Å²) in [4.78, 5) is 23.6. The molecule has 1 aliphatic heterocycles. The van der Waals surface area contributed by atoms with E-state index in [-0.39, 0.29) is 18.8 Å². The van der Waals surface area contributed by atoms with Crippen LogP contribution in [0.1, 0.15) is 26.2 Å².